The van der Waals surface area contributed by atoms with Crippen LogP contribution in [-0.4, -0.2) is 66.8 Å². The molecule has 0 saturated carbocycles. The van der Waals surface area contributed by atoms with Crippen molar-refractivity contribution in [1.82, 2.24) is 9.80 Å². The van der Waals surface area contributed by atoms with Gasteiger partial charge in [0.15, 0.2) is 0 Å². The molecule has 0 aliphatic carbocycles. The molecule has 1 saturated heterocycles. The molecule has 1 amide bonds. The maximum absolute atomic E-state index is 12.2. The second-order valence-electron chi connectivity index (χ2n) is 5.68. The van der Waals surface area contributed by atoms with E-state index in [4.69, 9.17) is 4.74 Å². The number of piperazine rings is 1. The van der Waals surface area contributed by atoms with Gasteiger partial charge in [-0.25, -0.2) is 0 Å². The number of aliphatic hydroxyl groups excluding tert-OH is 1. The Labute approximate surface area is 132 Å². The minimum Gasteiger partial charge on any atom is -0.387 e. The molecular formula is C17H26N2O3. The summed E-state index contributed by atoms with van der Waals surface area (Å²) in [5.74, 6) is 0.0771. The highest BCUT2D eigenvalue weighted by atomic mass is 16.5. The van der Waals surface area contributed by atoms with Crippen molar-refractivity contribution in [1.29, 1.82) is 0 Å². The van der Waals surface area contributed by atoms with Crippen LogP contribution in [-0.2, 0) is 9.53 Å². The molecule has 2 rings (SSSR count). The van der Waals surface area contributed by atoms with Crippen LogP contribution in [0.1, 0.15) is 25.0 Å². The first-order chi connectivity index (χ1) is 10.7. The number of carbonyl (C=O) groups excluding carboxylic acids is 1. The summed E-state index contributed by atoms with van der Waals surface area (Å²) in [6, 6.07) is 9.69. The molecule has 0 spiro atoms. The summed E-state index contributed by atoms with van der Waals surface area (Å²) in [4.78, 5) is 16.3. The van der Waals surface area contributed by atoms with Crippen molar-refractivity contribution in [2.45, 2.75) is 25.6 Å². The number of β-amino-alcohol motifs (C(OH)–C–C–N with tert-alkyl or cyclic N) is 1. The Morgan fingerprint density at radius 1 is 1.23 bits per heavy atom. The van der Waals surface area contributed by atoms with Crippen molar-refractivity contribution in [2.24, 2.45) is 0 Å². The molecule has 5 nitrogen and oxygen atoms in total. The van der Waals surface area contributed by atoms with Crippen LogP contribution in [0, 0.1) is 0 Å². The lowest BCUT2D eigenvalue weighted by Crippen LogP contribution is -2.52. The number of ether oxygens (including phenoxy) is 1. The van der Waals surface area contributed by atoms with Crippen LogP contribution in [0.4, 0.5) is 0 Å². The summed E-state index contributed by atoms with van der Waals surface area (Å²) in [5.41, 5.74) is 0.937. The Kier molecular flexibility index (Phi) is 6.36. The van der Waals surface area contributed by atoms with Crippen molar-refractivity contribution in [3.63, 3.8) is 0 Å². The first-order valence-electron chi connectivity index (χ1n) is 7.92. The van der Waals surface area contributed by atoms with Crippen LogP contribution in [0.3, 0.4) is 0 Å². The fourth-order valence-electron chi connectivity index (χ4n) is 2.82. The highest BCUT2D eigenvalue weighted by Crippen LogP contribution is 2.15. The molecule has 22 heavy (non-hydrogen) atoms. The lowest BCUT2D eigenvalue weighted by atomic mass is 10.1. The zero-order valence-corrected chi connectivity index (χ0v) is 13.4. The van der Waals surface area contributed by atoms with Crippen molar-refractivity contribution < 1.29 is 14.6 Å². The van der Waals surface area contributed by atoms with E-state index in [0.29, 0.717) is 26.1 Å². The summed E-state index contributed by atoms with van der Waals surface area (Å²) in [6.07, 6.45) is -0.116. The molecule has 0 unspecified atom stereocenters. The van der Waals surface area contributed by atoms with E-state index in [1.165, 1.54) is 0 Å². The maximum Gasteiger partial charge on any atom is 0.251 e. The number of carbonyl (C=O) groups is 1. The number of hydrogen-bond acceptors (Lipinski definition) is 4. The Morgan fingerprint density at radius 3 is 2.41 bits per heavy atom. The van der Waals surface area contributed by atoms with Gasteiger partial charge in [0.2, 0.25) is 0 Å². The number of aliphatic hydroxyl groups is 1. The molecule has 1 aliphatic rings. The minimum atomic E-state index is -0.481. The molecule has 0 bridgehead atoms. The van der Waals surface area contributed by atoms with Gasteiger partial charge in [-0.05, 0) is 12.0 Å². The molecule has 1 heterocycles. The monoisotopic (exact) mass is 306 g/mol. The number of nitrogens with zero attached hydrogens (tertiary/aromatic N) is 2. The minimum absolute atomic E-state index is 0.0771. The third kappa shape index (κ3) is 4.29. The topological polar surface area (TPSA) is 53.0 Å². The molecule has 0 aromatic heterocycles. The molecule has 1 N–H and O–H groups in total. The second-order valence-corrected chi connectivity index (χ2v) is 5.68. The zero-order valence-electron chi connectivity index (χ0n) is 13.4. The summed E-state index contributed by atoms with van der Waals surface area (Å²) >= 11 is 0. The van der Waals surface area contributed by atoms with Gasteiger partial charge in [-0.15, -0.1) is 0 Å². The van der Waals surface area contributed by atoms with E-state index in [0.717, 1.165) is 18.7 Å². The fraction of sp³-hybridized carbons (Fsp3) is 0.588. The summed E-state index contributed by atoms with van der Waals surface area (Å²) in [7, 11) is 1.58. The van der Waals surface area contributed by atoms with E-state index >= 15 is 0 Å². The van der Waals surface area contributed by atoms with E-state index in [2.05, 4.69) is 4.90 Å². The molecule has 1 fully saturated rings. The predicted molar refractivity (Wildman–Crippen MR) is 85.5 cm³/mol. The van der Waals surface area contributed by atoms with Gasteiger partial charge >= 0.3 is 0 Å². The molecule has 1 aromatic carbocycles. The smallest absolute Gasteiger partial charge is 0.251 e. The van der Waals surface area contributed by atoms with Crippen LogP contribution in [0.25, 0.3) is 0 Å². The average Bonchev–Trinajstić information content (AvgIpc) is 2.57. The SMILES string of the molecule is CC[C@@H](OC)C(=O)N1CCN(C[C@@H](O)c2ccccc2)CC1. The van der Waals surface area contributed by atoms with Crippen LogP contribution in [0.5, 0.6) is 0 Å². The number of methoxy groups -OCH3 is 1. The molecule has 122 valence electrons. The molecule has 2 atom stereocenters. The van der Waals surface area contributed by atoms with Crippen molar-refractivity contribution in [3.05, 3.63) is 35.9 Å². The van der Waals surface area contributed by atoms with Gasteiger partial charge in [0.05, 0.1) is 6.10 Å². The van der Waals surface area contributed by atoms with E-state index in [1.54, 1.807) is 7.11 Å². The van der Waals surface area contributed by atoms with Gasteiger partial charge in [0, 0.05) is 39.8 Å². The zero-order chi connectivity index (χ0) is 15.9. The Balaban J connectivity index is 1.81. The first kappa shape index (κ1) is 16.9. The number of hydrogen-bond donors (Lipinski definition) is 1. The van der Waals surface area contributed by atoms with Gasteiger partial charge in [-0.2, -0.15) is 0 Å². The number of benzene rings is 1. The third-order valence-electron chi connectivity index (χ3n) is 4.23. The quantitative estimate of drug-likeness (QED) is 0.860. The van der Waals surface area contributed by atoms with Gasteiger partial charge in [-0.3, -0.25) is 9.69 Å². The Morgan fingerprint density at radius 2 is 1.86 bits per heavy atom. The number of rotatable bonds is 6. The van der Waals surface area contributed by atoms with Crippen LogP contribution >= 0.6 is 0 Å². The van der Waals surface area contributed by atoms with Crippen LogP contribution < -0.4 is 0 Å². The van der Waals surface area contributed by atoms with E-state index in [9.17, 15) is 9.90 Å². The van der Waals surface area contributed by atoms with Crippen molar-refractivity contribution in [3.8, 4) is 0 Å². The average molecular weight is 306 g/mol. The van der Waals surface area contributed by atoms with Crippen molar-refractivity contribution >= 4 is 5.91 Å². The van der Waals surface area contributed by atoms with E-state index in [1.807, 2.05) is 42.2 Å². The van der Waals surface area contributed by atoms with Crippen LogP contribution in [0.2, 0.25) is 0 Å². The largest absolute Gasteiger partial charge is 0.387 e. The summed E-state index contributed by atoms with van der Waals surface area (Å²) in [6.45, 7) is 5.53. The van der Waals surface area contributed by atoms with Crippen LogP contribution in [0.15, 0.2) is 30.3 Å². The molecule has 5 heteroatoms. The normalized spacial score (nSPS) is 19.0. The van der Waals surface area contributed by atoms with E-state index in [-0.39, 0.29) is 12.0 Å². The van der Waals surface area contributed by atoms with Gasteiger partial charge in [-0.1, -0.05) is 37.3 Å². The standard InChI is InChI=1S/C17H26N2O3/c1-3-16(22-2)17(21)19-11-9-18(10-12-19)13-15(20)14-7-5-4-6-8-14/h4-8,15-16,20H,3,9-13H2,1-2H3/t15-,16-/m1/s1. The molecule has 1 aromatic rings. The first-order valence-corrected chi connectivity index (χ1v) is 7.92. The lowest BCUT2D eigenvalue weighted by Gasteiger charge is -2.36. The lowest BCUT2D eigenvalue weighted by molar-refractivity contribution is -0.144. The molecule has 1 aliphatic heterocycles. The van der Waals surface area contributed by atoms with Crippen molar-refractivity contribution in [2.75, 3.05) is 39.8 Å². The second kappa shape index (κ2) is 8.27. The fourth-order valence-corrected chi connectivity index (χ4v) is 2.82. The highest BCUT2D eigenvalue weighted by Gasteiger charge is 2.27. The number of amides is 1. The summed E-state index contributed by atoms with van der Waals surface area (Å²) in [5, 5.41) is 10.3. The highest BCUT2D eigenvalue weighted by molar-refractivity contribution is 5.81. The third-order valence-corrected chi connectivity index (χ3v) is 4.23. The molecule has 0 radical (unpaired) electrons. The Hall–Kier alpha value is -1.43. The van der Waals surface area contributed by atoms with Gasteiger partial charge < -0.3 is 14.7 Å². The van der Waals surface area contributed by atoms with Gasteiger partial charge in [0.1, 0.15) is 6.10 Å². The van der Waals surface area contributed by atoms with Gasteiger partial charge in [0.25, 0.3) is 5.91 Å². The maximum atomic E-state index is 12.2. The van der Waals surface area contributed by atoms with E-state index < -0.39 is 6.10 Å². The summed E-state index contributed by atoms with van der Waals surface area (Å²) < 4.78 is 5.22. The molecular weight excluding hydrogens is 280 g/mol. The Bertz CT molecular complexity index is 454. The predicted octanol–water partition coefficient (Wildman–Crippen LogP) is 1.29.